The van der Waals surface area contributed by atoms with E-state index < -0.39 is 12.1 Å². The number of aromatic hydroxyl groups is 1. The molecule has 0 saturated heterocycles. The van der Waals surface area contributed by atoms with Crippen molar-refractivity contribution in [2.24, 2.45) is 0 Å². The maximum atomic E-state index is 10.6. The van der Waals surface area contributed by atoms with Crippen LogP contribution < -0.4 is 58.2 Å². The van der Waals surface area contributed by atoms with Gasteiger partial charge in [0.05, 0.1) is 0 Å². The fraction of sp³-hybridized carbons (Fsp3) is 0.300. The summed E-state index contributed by atoms with van der Waals surface area (Å²) in [5.41, 5.74) is 0.817. The van der Waals surface area contributed by atoms with Crippen LogP contribution in [-0.2, 0) is 16.0 Å². The van der Waals surface area contributed by atoms with E-state index in [0.29, 0.717) is 6.42 Å². The Kier molecular flexibility index (Phi) is 7.64. The van der Waals surface area contributed by atoms with E-state index in [2.05, 4.69) is 0 Å². The summed E-state index contributed by atoms with van der Waals surface area (Å²) in [4.78, 5) is 10.6. The molecule has 0 amide bonds. The maximum absolute atomic E-state index is 10.6. The number of hydrogen-bond acceptors (Lipinski definition) is 3. The van der Waals surface area contributed by atoms with Gasteiger partial charge in [-0.2, -0.15) is 0 Å². The molecule has 15 heavy (non-hydrogen) atoms. The van der Waals surface area contributed by atoms with Gasteiger partial charge in [-0.05, 0) is 17.7 Å². The van der Waals surface area contributed by atoms with Crippen LogP contribution in [-0.4, -0.2) is 29.4 Å². The minimum atomic E-state index is -0.986. The Morgan fingerprint density at radius 1 is 1.47 bits per heavy atom. The SMILES string of the molecule is COC(Cc1ccc(O)cc1)C(=O)O.[H-].[Rb+]. The van der Waals surface area contributed by atoms with Crippen molar-refractivity contribution in [1.82, 2.24) is 0 Å². The van der Waals surface area contributed by atoms with Gasteiger partial charge in [-0.1, -0.05) is 12.1 Å². The number of carboxylic acids is 1. The molecule has 0 bridgehead atoms. The van der Waals surface area contributed by atoms with Crippen molar-refractivity contribution in [2.45, 2.75) is 12.5 Å². The van der Waals surface area contributed by atoms with Crippen LogP contribution in [0.25, 0.3) is 0 Å². The largest absolute Gasteiger partial charge is 1.00 e. The van der Waals surface area contributed by atoms with Crippen molar-refractivity contribution in [3.05, 3.63) is 29.8 Å². The molecule has 0 aliphatic heterocycles. The Hall–Kier alpha value is 0.255. The van der Waals surface area contributed by atoms with Crippen LogP contribution in [0.1, 0.15) is 6.99 Å². The van der Waals surface area contributed by atoms with E-state index in [1.54, 1.807) is 12.1 Å². The van der Waals surface area contributed by atoms with Crippen molar-refractivity contribution in [3.8, 4) is 5.75 Å². The van der Waals surface area contributed by atoms with E-state index in [1.165, 1.54) is 19.2 Å². The number of hydrogen-bond donors (Lipinski definition) is 2. The van der Waals surface area contributed by atoms with Crippen molar-refractivity contribution in [1.29, 1.82) is 0 Å². The summed E-state index contributed by atoms with van der Waals surface area (Å²) in [5, 5.41) is 17.7. The summed E-state index contributed by atoms with van der Waals surface area (Å²) < 4.78 is 4.78. The number of aliphatic carboxylic acids is 1. The predicted molar refractivity (Wildman–Crippen MR) is 51.4 cm³/mol. The molecule has 0 spiro atoms. The Labute approximate surface area is 139 Å². The fourth-order valence-electron chi connectivity index (χ4n) is 1.12. The second-order valence-corrected chi connectivity index (χ2v) is 2.93. The molecule has 0 aliphatic carbocycles. The molecule has 0 aromatic heterocycles. The molecule has 0 heterocycles. The van der Waals surface area contributed by atoms with Crippen LogP contribution >= 0.6 is 0 Å². The summed E-state index contributed by atoms with van der Waals surface area (Å²) in [6.07, 6.45) is -0.536. The van der Waals surface area contributed by atoms with Crippen LogP contribution in [0.3, 0.4) is 0 Å². The normalized spacial score (nSPS) is 11.5. The zero-order valence-corrected chi connectivity index (χ0v) is 13.7. The van der Waals surface area contributed by atoms with Crippen LogP contribution in [0.5, 0.6) is 5.75 Å². The second kappa shape index (κ2) is 7.52. The number of phenolic OH excluding ortho intramolecular Hbond substituents is 1. The van der Waals surface area contributed by atoms with Crippen molar-refractivity contribution in [3.63, 3.8) is 0 Å². The first-order valence-electron chi connectivity index (χ1n) is 4.17. The average Bonchev–Trinajstić information content (AvgIpc) is 2.16. The first-order valence-corrected chi connectivity index (χ1v) is 4.17. The standard InChI is InChI=1S/C10H12O4.Rb.H/c1-14-9(10(12)13)6-7-2-4-8(11)5-3-7;;/h2-5,9,11H,6H2,1H3,(H,12,13);;/q;+1;-1. The summed E-state index contributed by atoms with van der Waals surface area (Å²) in [7, 11) is 1.36. The first kappa shape index (κ1) is 15.3. The van der Waals surface area contributed by atoms with E-state index in [1.807, 2.05) is 0 Å². The van der Waals surface area contributed by atoms with Crippen LogP contribution in [0.15, 0.2) is 24.3 Å². The fourth-order valence-corrected chi connectivity index (χ4v) is 1.12. The molecule has 1 aromatic carbocycles. The molecule has 0 fully saturated rings. The molecule has 1 rings (SSSR count). The Morgan fingerprint density at radius 2 is 2.00 bits per heavy atom. The summed E-state index contributed by atoms with van der Waals surface area (Å²) in [5.74, 6) is -0.821. The second-order valence-electron chi connectivity index (χ2n) is 2.93. The third-order valence-electron chi connectivity index (χ3n) is 1.92. The monoisotopic (exact) mass is 282 g/mol. The van der Waals surface area contributed by atoms with Crippen molar-refractivity contribution >= 4 is 5.97 Å². The molecule has 2 N–H and O–H groups in total. The van der Waals surface area contributed by atoms with Gasteiger partial charge in [0, 0.05) is 13.5 Å². The quantitative estimate of drug-likeness (QED) is 0.681. The van der Waals surface area contributed by atoms with Gasteiger partial charge in [0.15, 0.2) is 6.10 Å². The number of benzene rings is 1. The summed E-state index contributed by atoms with van der Waals surface area (Å²) >= 11 is 0. The average molecular weight is 283 g/mol. The number of rotatable bonds is 4. The molecule has 0 saturated carbocycles. The van der Waals surface area contributed by atoms with Crippen LogP contribution in [0.4, 0.5) is 0 Å². The number of phenols is 1. The molecule has 0 radical (unpaired) electrons. The van der Waals surface area contributed by atoms with Crippen molar-refractivity contribution < 1.29 is 79.4 Å². The van der Waals surface area contributed by atoms with Gasteiger partial charge in [0.1, 0.15) is 5.75 Å². The minimum Gasteiger partial charge on any atom is -1.00 e. The van der Waals surface area contributed by atoms with Crippen molar-refractivity contribution in [2.75, 3.05) is 7.11 Å². The first-order chi connectivity index (χ1) is 6.63. The molecule has 1 aromatic rings. The predicted octanol–water partition coefficient (Wildman–Crippen LogP) is -1.85. The summed E-state index contributed by atoms with van der Waals surface area (Å²) in [6, 6.07) is 6.38. The van der Waals surface area contributed by atoms with E-state index >= 15 is 0 Å². The van der Waals surface area contributed by atoms with Gasteiger partial charge in [-0.25, -0.2) is 4.79 Å². The van der Waals surface area contributed by atoms with Gasteiger partial charge in [0.2, 0.25) is 0 Å². The topological polar surface area (TPSA) is 66.8 Å². The van der Waals surface area contributed by atoms with Gasteiger partial charge in [0.25, 0.3) is 0 Å². The van der Waals surface area contributed by atoms with Gasteiger partial charge in [-0.3, -0.25) is 0 Å². The molecule has 1 unspecified atom stereocenters. The number of ether oxygens (including phenoxy) is 1. The third-order valence-corrected chi connectivity index (χ3v) is 1.92. The Balaban J connectivity index is 0. The van der Waals surface area contributed by atoms with E-state index in [9.17, 15) is 4.79 Å². The number of carboxylic acid groups (broad SMARTS) is 1. The molecular formula is C10H13O4Rb. The zero-order chi connectivity index (χ0) is 10.6. The smallest absolute Gasteiger partial charge is 1.00 e. The molecule has 4 nitrogen and oxygen atoms in total. The molecule has 78 valence electrons. The Morgan fingerprint density at radius 3 is 2.40 bits per heavy atom. The number of carbonyl (C=O) groups is 1. The van der Waals surface area contributed by atoms with Crippen LogP contribution in [0.2, 0.25) is 0 Å². The van der Waals surface area contributed by atoms with Gasteiger partial charge in [-0.15, -0.1) is 0 Å². The molecule has 0 aliphatic rings. The van der Waals surface area contributed by atoms with E-state index in [-0.39, 0.29) is 65.4 Å². The van der Waals surface area contributed by atoms with E-state index in [4.69, 9.17) is 14.9 Å². The molecule has 5 heteroatoms. The molecule has 1 atom stereocenters. The maximum Gasteiger partial charge on any atom is 1.00 e. The summed E-state index contributed by atoms with van der Waals surface area (Å²) in [6.45, 7) is 0. The number of methoxy groups -OCH3 is 1. The minimum absolute atomic E-state index is 0. The van der Waals surface area contributed by atoms with Gasteiger partial charge >= 0.3 is 64.2 Å². The van der Waals surface area contributed by atoms with Crippen LogP contribution in [0, 0.1) is 0 Å². The molecular weight excluding hydrogens is 270 g/mol. The zero-order valence-electron chi connectivity index (χ0n) is 9.80. The van der Waals surface area contributed by atoms with E-state index in [0.717, 1.165) is 5.56 Å². The van der Waals surface area contributed by atoms with Gasteiger partial charge < -0.3 is 16.4 Å². The Bertz CT molecular complexity index is 315. The third kappa shape index (κ3) is 5.22.